The summed E-state index contributed by atoms with van der Waals surface area (Å²) in [7, 11) is 0. The fraction of sp³-hybridized carbons (Fsp3) is 0.391. The van der Waals surface area contributed by atoms with Crippen LogP contribution in [0.5, 0.6) is 0 Å². The average molecular weight is 441 g/mol. The lowest BCUT2D eigenvalue weighted by atomic mass is 10.1. The average Bonchev–Trinajstić information content (AvgIpc) is 3.29. The van der Waals surface area contributed by atoms with Gasteiger partial charge in [-0.3, -0.25) is 9.69 Å². The smallest absolute Gasteiger partial charge is 0.253 e. The molecule has 0 atom stereocenters. The first-order valence-corrected chi connectivity index (χ1v) is 11.0. The zero-order valence-corrected chi connectivity index (χ0v) is 18.5. The summed E-state index contributed by atoms with van der Waals surface area (Å²) < 4.78 is 10.8. The highest BCUT2D eigenvalue weighted by Crippen LogP contribution is 2.14. The number of H-pyrrole nitrogens is 1. The summed E-state index contributed by atoms with van der Waals surface area (Å²) in [6.45, 7) is 7.87. The third-order valence-electron chi connectivity index (χ3n) is 5.51. The molecule has 1 aliphatic heterocycles. The molecule has 3 aromatic rings. The van der Waals surface area contributed by atoms with Gasteiger partial charge in [0, 0.05) is 37.3 Å². The maximum absolute atomic E-state index is 12.8. The predicted octanol–water partition coefficient (Wildman–Crippen LogP) is 2.64. The number of nitrogens with one attached hydrogen (secondary N) is 2. The number of aromatic amines is 1. The first kappa shape index (κ1) is 21.5. The largest absolute Gasteiger partial charge is 0.467 e. The van der Waals surface area contributed by atoms with E-state index in [2.05, 4.69) is 26.2 Å². The molecule has 1 aliphatic rings. The number of benzene rings is 1. The molecule has 0 saturated carbocycles. The van der Waals surface area contributed by atoms with Crippen LogP contribution in [0.1, 0.15) is 16.9 Å². The number of aryl methyl sites for hydroxylation is 1. The Morgan fingerprint density at radius 1 is 1.26 bits per heavy atom. The summed E-state index contributed by atoms with van der Waals surface area (Å²) in [5.41, 5.74) is 2.59. The second kappa shape index (κ2) is 10.1. The maximum atomic E-state index is 12.8. The number of morpholine rings is 1. The molecule has 0 unspecified atom stereocenters. The molecule has 0 bridgehead atoms. The van der Waals surface area contributed by atoms with E-state index in [-0.39, 0.29) is 5.56 Å². The van der Waals surface area contributed by atoms with Gasteiger partial charge < -0.3 is 24.4 Å². The number of furan rings is 1. The first-order valence-electron chi connectivity index (χ1n) is 10.6. The molecule has 2 aromatic heterocycles. The standard InChI is InChI=1S/C23H28N4O3S/c1-17-4-5-18-14-19(22(28)25-21(18)13-17)16-27(7-6-26-8-11-29-12-9-26)23(31)24-15-20-3-2-10-30-20/h2-5,10,13-14H,6-9,11-12,15-16H2,1H3,(H,24,31)(H,25,28). The van der Waals surface area contributed by atoms with E-state index in [9.17, 15) is 4.79 Å². The van der Waals surface area contributed by atoms with E-state index in [0.717, 1.165) is 61.6 Å². The normalized spacial score (nSPS) is 14.6. The zero-order valence-electron chi connectivity index (χ0n) is 17.7. The van der Waals surface area contributed by atoms with Crippen molar-refractivity contribution in [1.29, 1.82) is 0 Å². The molecule has 0 radical (unpaired) electrons. The number of pyridine rings is 1. The summed E-state index contributed by atoms with van der Waals surface area (Å²) in [6.07, 6.45) is 1.65. The van der Waals surface area contributed by atoms with Gasteiger partial charge in [0.25, 0.3) is 5.56 Å². The summed E-state index contributed by atoms with van der Waals surface area (Å²) in [6, 6.07) is 11.8. The Hall–Kier alpha value is -2.68. The highest BCUT2D eigenvalue weighted by molar-refractivity contribution is 7.80. The highest BCUT2D eigenvalue weighted by atomic mass is 32.1. The van der Waals surface area contributed by atoms with Gasteiger partial charge in [-0.15, -0.1) is 0 Å². The highest BCUT2D eigenvalue weighted by Gasteiger charge is 2.17. The van der Waals surface area contributed by atoms with Crippen molar-refractivity contribution >= 4 is 28.2 Å². The van der Waals surface area contributed by atoms with Gasteiger partial charge in [0.2, 0.25) is 0 Å². The van der Waals surface area contributed by atoms with E-state index in [4.69, 9.17) is 21.4 Å². The van der Waals surface area contributed by atoms with Crippen molar-refractivity contribution in [2.45, 2.75) is 20.0 Å². The fourth-order valence-corrected chi connectivity index (χ4v) is 3.94. The summed E-state index contributed by atoms with van der Waals surface area (Å²) in [4.78, 5) is 20.2. The molecule has 1 fully saturated rings. The fourth-order valence-electron chi connectivity index (χ4n) is 3.71. The van der Waals surface area contributed by atoms with Crippen LogP contribution in [0.3, 0.4) is 0 Å². The number of fused-ring (bicyclic) bond motifs is 1. The second-order valence-electron chi connectivity index (χ2n) is 7.83. The van der Waals surface area contributed by atoms with Crippen LogP contribution in [0, 0.1) is 6.92 Å². The van der Waals surface area contributed by atoms with Crippen LogP contribution >= 0.6 is 12.2 Å². The van der Waals surface area contributed by atoms with Crippen LogP contribution in [0.4, 0.5) is 0 Å². The molecular weight excluding hydrogens is 412 g/mol. The van der Waals surface area contributed by atoms with Crippen LogP contribution in [-0.4, -0.2) is 59.3 Å². The third kappa shape index (κ3) is 5.72. The van der Waals surface area contributed by atoms with Gasteiger partial charge in [0.05, 0.1) is 32.6 Å². The Morgan fingerprint density at radius 2 is 2.10 bits per heavy atom. The Bertz CT molecular complexity index is 1070. The third-order valence-corrected chi connectivity index (χ3v) is 5.91. The molecule has 1 aromatic carbocycles. The topological polar surface area (TPSA) is 73.7 Å². The minimum Gasteiger partial charge on any atom is -0.467 e. The minimum atomic E-state index is -0.0803. The van der Waals surface area contributed by atoms with Gasteiger partial charge in [-0.05, 0) is 54.4 Å². The van der Waals surface area contributed by atoms with Crippen LogP contribution in [0.25, 0.3) is 10.9 Å². The van der Waals surface area contributed by atoms with E-state index in [1.807, 2.05) is 37.3 Å². The van der Waals surface area contributed by atoms with Gasteiger partial charge in [-0.1, -0.05) is 12.1 Å². The van der Waals surface area contributed by atoms with Gasteiger partial charge in [0.15, 0.2) is 5.11 Å². The SMILES string of the molecule is Cc1ccc2cc(CN(CCN3CCOCC3)C(=S)NCc3ccco3)c(=O)[nH]c2c1. The molecular formula is C23H28N4O3S. The van der Waals surface area contributed by atoms with Crippen molar-refractivity contribution < 1.29 is 9.15 Å². The number of ether oxygens (including phenoxy) is 1. The molecule has 31 heavy (non-hydrogen) atoms. The van der Waals surface area contributed by atoms with Crippen molar-refractivity contribution in [2.24, 2.45) is 0 Å². The Morgan fingerprint density at radius 3 is 2.87 bits per heavy atom. The quantitative estimate of drug-likeness (QED) is 0.547. The number of thiocarbonyl (C=S) groups is 1. The second-order valence-corrected chi connectivity index (χ2v) is 8.21. The summed E-state index contributed by atoms with van der Waals surface area (Å²) in [5.74, 6) is 0.814. The lowest BCUT2D eigenvalue weighted by molar-refractivity contribution is 0.0357. The number of nitrogens with zero attached hydrogens (tertiary/aromatic N) is 2. The molecule has 1 saturated heterocycles. The van der Waals surface area contributed by atoms with Crippen molar-refractivity contribution in [3.63, 3.8) is 0 Å². The number of rotatable bonds is 7. The Kier molecular flexibility index (Phi) is 7.01. The monoisotopic (exact) mass is 440 g/mol. The van der Waals surface area contributed by atoms with Crippen LogP contribution in [0.2, 0.25) is 0 Å². The van der Waals surface area contributed by atoms with Gasteiger partial charge >= 0.3 is 0 Å². The van der Waals surface area contributed by atoms with Crippen molar-refractivity contribution in [3.05, 3.63) is 69.9 Å². The van der Waals surface area contributed by atoms with Gasteiger partial charge in [-0.2, -0.15) is 0 Å². The lowest BCUT2D eigenvalue weighted by Gasteiger charge is -2.31. The van der Waals surface area contributed by atoms with Gasteiger partial charge in [0.1, 0.15) is 5.76 Å². The van der Waals surface area contributed by atoms with Crippen molar-refractivity contribution in [3.8, 4) is 0 Å². The molecule has 0 amide bonds. The van der Waals surface area contributed by atoms with Crippen molar-refractivity contribution in [1.82, 2.24) is 20.1 Å². The Balaban J connectivity index is 1.50. The first-order chi connectivity index (χ1) is 15.1. The predicted molar refractivity (Wildman–Crippen MR) is 125 cm³/mol. The van der Waals surface area contributed by atoms with E-state index >= 15 is 0 Å². The van der Waals surface area contributed by atoms with Crippen LogP contribution in [0.15, 0.2) is 51.9 Å². The van der Waals surface area contributed by atoms with E-state index in [1.54, 1.807) is 6.26 Å². The minimum absolute atomic E-state index is 0.0803. The number of hydrogen-bond acceptors (Lipinski definition) is 5. The van der Waals surface area contributed by atoms with E-state index in [0.29, 0.717) is 23.8 Å². The molecule has 4 rings (SSSR count). The van der Waals surface area contributed by atoms with E-state index in [1.165, 1.54) is 0 Å². The van der Waals surface area contributed by atoms with Crippen LogP contribution in [-0.2, 0) is 17.8 Å². The molecule has 0 spiro atoms. The summed E-state index contributed by atoms with van der Waals surface area (Å²) >= 11 is 5.69. The molecule has 0 aliphatic carbocycles. The molecule has 7 nitrogen and oxygen atoms in total. The Labute approximate surface area is 187 Å². The molecule has 8 heteroatoms. The molecule has 164 valence electrons. The molecule has 3 heterocycles. The van der Waals surface area contributed by atoms with E-state index < -0.39 is 0 Å². The number of aromatic nitrogens is 1. The maximum Gasteiger partial charge on any atom is 0.253 e. The van der Waals surface area contributed by atoms with Crippen LogP contribution < -0.4 is 10.9 Å². The van der Waals surface area contributed by atoms with Crippen molar-refractivity contribution in [2.75, 3.05) is 39.4 Å². The number of hydrogen-bond donors (Lipinski definition) is 2. The molecule has 2 N–H and O–H groups in total. The zero-order chi connectivity index (χ0) is 21.6. The summed E-state index contributed by atoms with van der Waals surface area (Å²) in [5, 5.41) is 4.89. The lowest BCUT2D eigenvalue weighted by Crippen LogP contribution is -2.46. The van der Waals surface area contributed by atoms with Gasteiger partial charge in [-0.25, -0.2) is 0 Å².